The number of carbonyl (C=O) groups is 1. The molecule has 0 amide bonds. The van der Waals surface area contributed by atoms with Crippen LogP contribution < -0.4 is 0 Å². The molecular formula is C48H90O4. The van der Waals surface area contributed by atoms with Crippen molar-refractivity contribution in [2.75, 3.05) is 19.8 Å². The molecule has 0 spiro atoms. The van der Waals surface area contributed by atoms with Crippen LogP contribution in [0.4, 0.5) is 0 Å². The minimum atomic E-state index is -0.537. The second-order valence-corrected chi connectivity index (χ2v) is 15.5. The summed E-state index contributed by atoms with van der Waals surface area (Å²) < 4.78 is 11.2. The van der Waals surface area contributed by atoms with Crippen molar-refractivity contribution in [2.45, 2.75) is 245 Å². The Bertz CT molecular complexity index is 772. The van der Waals surface area contributed by atoms with Crippen LogP contribution in [-0.2, 0) is 14.3 Å². The van der Waals surface area contributed by atoms with E-state index in [1.807, 2.05) is 0 Å². The van der Waals surface area contributed by atoms with Crippen LogP contribution in [0.5, 0.6) is 0 Å². The highest BCUT2D eigenvalue weighted by molar-refractivity contribution is 5.69. The van der Waals surface area contributed by atoms with Crippen molar-refractivity contribution in [2.24, 2.45) is 0 Å². The van der Waals surface area contributed by atoms with Crippen molar-refractivity contribution in [3.05, 3.63) is 36.5 Å². The molecule has 306 valence electrons. The zero-order valence-electron chi connectivity index (χ0n) is 35.1. The van der Waals surface area contributed by atoms with E-state index in [1.54, 1.807) is 0 Å². The smallest absolute Gasteiger partial charge is 0.306 e. The maximum absolute atomic E-state index is 12.2. The lowest BCUT2D eigenvalue weighted by Crippen LogP contribution is -2.27. The van der Waals surface area contributed by atoms with E-state index < -0.39 is 6.10 Å². The van der Waals surface area contributed by atoms with Gasteiger partial charge in [0.25, 0.3) is 0 Å². The van der Waals surface area contributed by atoms with Crippen molar-refractivity contribution in [3.8, 4) is 0 Å². The van der Waals surface area contributed by atoms with E-state index in [9.17, 15) is 9.90 Å². The van der Waals surface area contributed by atoms with Crippen LogP contribution in [0.2, 0.25) is 0 Å². The molecule has 1 atom stereocenters. The van der Waals surface area contributed by atoms with E-state index in [4.69, 9.17) is 9.47 Å². The number of carbonyl (C=O) groups excluding carboxylic acids is 1. The molecule has 0 heterocycles. The van der Waals surface area contributed by atoms with Crippen molar-refractivity contribution in [1.29, 1.82) is 0 Å². The highest BCUT2D eigenvalue weighted by atomic mass is 16.6. The molecule has 0 aromatic carbocycles. The number of ether oxygens (including phenoxy) is 2. The maximum Gasteiger partial charge on any atom is 0.306 e. The van der Waals surface area contributed by atoms with Gasteiger partial charge < -0.3 is 14.6 Å². The molecule has 0 aliphatic heterocycles. The predicted molar refractivity (Wildman–Crippen MR) is 228 cm³/mol. The van der Waals surface area contributed by atoms with Crippen LogP contribution in [0, 0.1) is 0 Å². The minimum Gasteiger partial charge on any atom is -0.457 e. The summed E-state index contributed by atoms with van der Waals surface area (Å²) in [5.74, 6) is -0.207. The normalized spacial score (nSPS) is 12.6. The van der Waals surface area contributed by atoms with E-state index in [2.05, 4.69) is 50.3 Å². The molecule has 4 nitrogen and oxygen atoms in total. The Hall–Kier alpha value is -1.39. The van der Waals surface area contributed by atoms with Gasteiger partial charge in [0, 0.05) is 13.0 Å². The first-order valence-corrected chi connectivity index (χ1v) is 23.1. The van der Waals surface area contributed by atoms with Gasteiger partial charge >= 0.3 is 5.97 Å². The Labute approximate surface area is 325 Å². The number of hydrogen-bond acceptors (Lipinski definition) is 4. The van der Waals surface area contributed by atoms with Crippen LogP contribution in [0.1, 0.15) is 239 Å². The van der Waals surface area contributed by atoms with Gasteiger partial charge in [0.15, 0.2) is 0 Å². The Morgan fingerprint density at radius 3 is 1.31 bits per heavy atom. The summed E-state index contributed by atoms with van der Waals surface area (Å²) in [4.78, 5) is 12.2. The lowest BCUT2D eigenvalue weighted by Gasteiger charge is -2.16. The largest absolute Gasteiger partial charge is 0.457 e. The summed E-state index contributed by atoms with van der Waals surface area (Å²) in [6.07, 6.45) is 57.9. The van der Waals surface area contributed by atoms with Crippen molar-refractivity contribution >= 4 is 5.97 Å². The predicted octanol–water partition coefficient (Wildman–Crippen LogP) is 15.3. The van der Waals surface area contributed by atoms with E-state index in [0.29, 0.717) is 19.6 Å². The van der Waals surface area contributed by atoms with Gasteiger partial charge in [-0.2, -0.15) is 0 Å². The van der Waals surface area contributed by atoms with Crippen molar-refractivity contribution < 1.29 is 19.4 Å². The lowest BCUT2D eigenvalue weighted by molar-refractivity contribution is -0.154. The lowest BCUT2D eigenvalue weighted by atomic mass is 10.0. The summed E-state index contributed by atoms with van der Waals surface area (Å²) in [5.41, 5.74) is 0. The molecular weight excluding hydrogens is 641 g/mol. The zero-order chi connectivity index (χ0) is 37.7. The highest BCUT2D eigenvalue weighted by Crippen LogP contribution is 2.16. The summed E-state index contributed by atoms with van der Waals surface area (Å²) >= 11 is 0. The second kappa shape index (κ2) is 45.8. The number of hydrogen-bond donors (Lipinski definition) is 1. The maximum atomic E-state index is 12.2. The van der Waals surface area contributed by atoms with Gasteiger partial charge in [-0.3, -0.25) is 4.79 Å². The van der Waals surface area contributed by atoms with E-state index in [1.165, 1.54) is 180 Å². The zero-order valence-corrected chi connectivity index (χ0v) is 35.1. The Kier molecular flexibility index (Phi) is 44.5. The molecule has 0 aromatic heterocycles. The van der Waals surface area contributed by atoms with Gasteiger partial charge in [-0.25, -0.2) is 0 Å². The average molecular weight is 731 g/mol. The summed E-state index contributed by atoms with van der Waals surface area (Å²) in [7, 11) is 0. The first-order chi connectivity index (χ1) is 25.7. The molecule has 0 aliphatic rings. The minimum absolute atomic E-state index is 0.173. The molecule has 52 heavy (non-hydrogen) atoms. The molecule has 0 bridgehead atoms. The number of aliphatic hydroxyl groups excluding tert-OH is 1. The van der Waals surface area contributed by atoms with Gasteiger partial charge in [-0.15, -0.1) is 0 Å². The molecule has 0 saturated carbocycles. The fourth-order valence-electron chi connectivity index (χ4n) is 6.82. The summed E-state index contributed by atoms with van der Waals surface area (Å²) in [6, 6.07) is 0. The van der Waals surface area contributed by atoms with Gasteiger partial charge in [-0.05, 0) is 44.9 Å². The Balaban J connectivity index is 3.38. The third-order valence-corrected chi connectivity index (χ3v) is 10.2. The van der Waals surface area contributed by atoms with Gasteiger partial charge in [0.05, 0.1) is 13.2 Å². The van der Waals surface area contributed by atoms with Crippen LogP contribution in [0.15, 0.2) is 36.5 Å². The van der Waals surface area contributed by atoms with Crippen LogP contribution in [0.25, 0.3) is 0 Å². The Morgan fingerprint density at radius 1 is 0.481 bits per heavy atom. The number of esters is 1. The average Bonchev–Trinajstić information content (AvgIpc) is 3.15. The van der Waals surface area contributed by atoms with Crippen molar-refractivity contribution in [3.63, 3.8) is 0 Å². The molecule has 4 heteroatoms. The number of unbranched alkanes of at least 4 members (excludes halogenated alkanes) is 29. The number of rotatable bonds is 43. The van der Waals surface area contributed by atoms with Crippen LogP contribution in [0.3, 0.4) is 0 Å². The first kappa shape index (κ1) is 50.6. The second-order valence-electron chi connectivity index (χ2n) is 15.5. The van der Waals surface area contributed by atoms with E-state index in [-0.39, 0.29) is 12.6 Å². The standard InChI is InChI=1S/C48H90O4/c1-3-5-7-9-11-13-15-17-19-21-22-23-24-25-26-28-30-32-34-36-38-40-42-44-51-46-47(45-49)52-48(50)43-41-39-37-35-33-31-29-27-20-18-16-14-12-10-8-6-4-2/h6,8,12,14,18,20,47,49H,3-5,7,9-11,13,15-17,19,21-46H2,1-2H3/b8-6-,14-12-,20-18-. The summed E-state index contributed by atoms with van der Waals surface area (Å²) in [6.45, 7) is 5.26. The third-order valence-electron chi connectivity index (χ3n) is 10.2. The molecule has 0 saturated heterocycles. The molecule has 1 N–H and O–H groups in total. The van der Waals surface area contributed by atoms with E-state index >= 15 is 0 Å². The molecule has 1 unspecified atom stereocenters. The Morgan fingerprint density at radius 2 is 0.865 bits per heavy atom. The molecule has 0 rings (SSSR count). The fourth-order valence-corrected chi connectivity index (χ4v) is 6.82. The summed E-state index contributed by atoms with van der Waals surface area (Å²) in [5, 5.41) is 9.62. The SMILES string of the molecule is CC/C=C\C/C=C\C/C=C\CCCCCCCCCC(=O)OC(CO)COCCCCCCCCCCCCCCCCCCCCCCCCC. The van der Waals surface area contributed by atoms with Crippen molar-refractivity contribution in [1.82, 2.24) is 0 Å². The van der Waals surface area contributed by atoms with Gasteiger partial charge in [-0.1, -0.05) is 224 Å². The van der Waals surface area contributed by atoms with Gasteiger partial charge in [0.2, 0.25) is 0 Å². The monoisotopic (exact) mass is 731 g/mol. The molecule has 0 radical (unpaired) electrons. The first-order valence-electron chi connectivity index (χ1n) is 23.1. The third kappa shape index (κ3) is 43.0. The van der Waals surface area contributed by atoms with E-state index in [0.717, 1.165) is 38.5 Å². The number of allylic oxidation sites excluding steroid dienone is 6. The molecule has 0 aliphatic carbocycles. The van der Waals surface area contributed by atoms with Crippen LogP contribution >= 0.6 is 0 Å². The highest BCUT2D eigenvalue weighted by Gasteiger charge is 2.13. The fraction of sp³-hybridized carbons (Fsp3) is 0.854. The molecule has 0 fully saturated rings. The molecule has 0 aromatic rings. The quantitative estimate of drug-likeness (QED) is 0.0385. The number of aliphatic hydroxyl groups is 1. The topological polar surface area (TPSA) is 55.8 Å². The van der Waals surface area contributed by atoms with Crippen LogP contribution in [-0.4, -0.2) is 37.0 Å². The van der Waals surface area contributed by atoms with Gasteiger partial charge in [0.1, 0.15) is 6.10 Å².